The summed E-state index contributed by atoms with van der Waals surface area (Å²) in [7, 11) is 0. The molecular weight excluding hydrogens is 353 g/mol. The molecule has 0 saturated carbocycles. The van der Waals surface area contributed by atoms with E-state index in [4.69, 9.17) is 10.5 Å². The number of rotatable bonds is 6. The van der Waals surface area contributed by atoms with Crippen molar-refractivity contribution in [1.29, 1.82) is 0 Å². The van der Waals surface area contributed by atoms with Crippen LogP contribution in [0, 0.1) is 5.82 Å². The average Bonchev–Trinajstić information content (AvgIpc) is 2.62. The molecule has 1 saturated heterocycles. The van der Waals surface area contributed by atoms with E-state index < -0.39 is 5.54 Å². The summed E-state index contributed by atoms with van der Waals surface area (Å²) in [5.41, 5.74) is 6.46. The first kappa shape index (κ1) is 19.3. The monoisotopic (exact) mass is 379 g/mol. The van der Waals surface area contributed by atoms with Gasteiger partial charge in [0.2, 0.25) is 0 Å². The number of nitrogens with zero attached hydrogens (tertiary/aromatic N) is 1. The molecule has 0 bridgehead atoms. The van der Waals surface area contributed by atoms with E-state index in [0.29, 0.717) is 17.2 Å². The number of piperidine rings is 1. The van der Waals surface area contributed by atoms with E-state index in [-0.39, 0.29) is 30.7 Å². The van der Waals surface area contributed by atoms with Gasteiger partial charge >= 0.3 is 0 Å². The molecule has 2 aliphatic rings. The Morgan fingerprint density at radius 2 is 2.23 bits per heavy atom. The topological polar surface area (TPSA) is 76.7 Å². The molecule has 0 unspecified atom stereocenters. The van der Waals surface area contributed by atoms with Gasteiger partial charge in [-0.05, 0) is 50.9 Å². The summed E-state index contributed by atoms with van der Waals surface area (Å²) in [5.74, 6) is 0.505. The number of nitrogens with one attached hydrogen (secondary N) is 1. The number of hydrogen-bond donors (Lipinski definition) is 2. The number of carbonyl (C=O) groups excluding carboxylic acids is 1. The third-order valence-corrected chi connectivity index (χ3v) is 5.77. The van der Waals surface area contributed by atoms with E-state index in [1.54, 1.807) is 12.1 Å². The number of benzene rings is 1. The normalized spacial score (nSPS) is 24.3. The van der Waals surface area contributed by atoms with Gasteiger partial charge in [-0.1, -0.05) is 23.9 Å². The lowest BCUT2D eigenvalue weighted by molar-refractivity contribution is -0.125. The average molecular weight is 380 g/mol. The van der Waals surface area contributed by atoms with Crippen LogP contribution < -0.4 is 11.1 Å². The van der Waals surface area contributed by atoms with Gasteiger partial charge in [0.25, 0.3) is 0 Å². The molecule has 0 aromatic heterocycles. The zero-order valence-corrected chi connectivity index (χ0v) is 15.9. The molecule has 1 aromatic carbocycles. The lowest BCUT2D eigenvalue weighted by Crippen LogP contribution is -2.33. The summed E-state index contributed by atoms with van der Waals surface area (Å²) < 4.78 is 20.1. The van der Waals surface area contributed by atoms with Gasteiger partial charge in [-0.2, -0.15) is 0 Å². The molecule has 26 heavy (non-hydrogen) atoms. The van der Waals surface area contributed by atoms with Crippen LogP contribution in [0.3, 0.4) is 0 Å². The van der Waals surface area contributed by atoms with Gasteiger partial charge in [0.15, 0.2) is 11.0 Å². The van der Waals surface area contributed by atoms with E-state index in [1.165, 1.54) is 17.8 Å². The highest BCUT2D eigenvalue weighted by molar-refractivity contribution is 8.13. The smallest absolute Gasteiger partial charge is 0.162 e. The molecule has 2 heterocycles. The summed E-state index contributed by atoms with van der Waals surface area (Å²) >= 11 is 1.49. The van der Waals surface area contributed by atoms with Crippen LogP contribution in [0.25, 0.3) is 0 Å². The van der Waals surface area contributed by atoms with Gasteiger partial charge in [-0.3, -0.25) is 9.79 Å². The number of Topliss-reactive ketones (excluding diaryl/α,β-unsaturated/α-hetero) is 1. The Bertz CT molecular complexity index is 691. The van der Waals surface area contributed by atoms with Crippen LogP contribution in [0.1, 0.15) is 37.3 Å². The zero-order valence-electron chi connectivity index (χ0n) is 15.1. The predicted molar refractivity (Wildman–Crippen MR) is 103 cm³/mol. The molecular formula is C19H26FN3O2S. The van der Waals surface area contributed by atoms with E-state index in [2.05, 4.69) is 10.3 Å². The third kappa shape index (κ3) is 4.84. The van der Waals surface area contributed by atoms with Gasteiger partial charge in [-0.25, -0.2) is 4.39 Å². The number of aliphatic imine (C=N–C) groups is 1. The lowest BCUT2D eigenvalue weighted by Gasteiger charge is -2.30. The van der Waals surface area contributed by atoms with E-state index in [1.807, 2.05) is 6.92 Å². The van der Waals surface area contributed by atoms with Crippen LogP contribution in [0.4, 0.5) is 4.39 Å². The van der Waals surface area contributed by atoms with Gasteiger partial charge in [-0.15, -0.1) is 0 Å². The summed E-state index contributed by atoms with van der Waals surface area (Å²) in [6, 6.07) is 4.84. The number of ketones is 1. The van der Waals surface area contributed by atoms with Gasteiger partial charge < -0.3 is 15.8 Å². The van der Waals surface area contributed by atoms with Gasteiger partial charge in [0.1, 0.15) is 12.4 Å². The van der Waals surface area contributed by atoms with Crippen LogP contribution in [-0.2, 0) is 21.5 Å². The quantitative estimate of drug-likeness (QED) is 0.794. The molecule has 0 radical (unpaired) electrons. The first-order valence-corrected chi connectivity index (χ1v) is 10.1. The molecule has 0 amide bonds. The lowest BCUT2D eigenvalue weighted by atomic mass is 9.87. The fourth-order valence-corrected chi connectivity index (χ4v) is 4.40. The number of thioether (sulfide) groups is 1. The first-order valence-electron chi connectivity index (χ1n) is 9.07. The van der Waals surface area contributed by atoms with Crippen LogP contribution >= 0.6 is 11.8 Å². The molecule has 1 fully saturated rings. The van der Waals surface area contributed by atoms with Crippen molar-refractivity contribution in [2.75, 3.05) is 25.4 Å². The van der Waals surface area contributed by atoms with Crippen LogP contribution in [0.2, 0.25) is 0 Å². The van der Waals surface area contributed by atoms with Crippen molar-refractivity contribution in [1.82, 2.24) is 5.32 Å². The van der Waals surface area contributed by atoms with Crippen molar-refractivity contribution in [3.8, 4) is 0 Å². The zero-order chi connectivity index (χ0) is 18.6. The van der Waals surface area contributed by atoms with Crippen molar-refractivity contribution < 1.29 is 13.9 Å². The molecule has 2 aliphatic heterocycles. The first-order chi connectivity index (χ1) is 12.5. The predicted octanol–water partition coefficient (Wildman–Crippen LogP) is 2.37. The maximum absolute atomic E-state index is 14.4. The highest BCUT2D eigenvalue weighted by atomic mass is 32.2. The molecule has 142 valence electrons. The second-order valence-corrected chi connectivity index (χ2v) is 8.23. The Morgan fingerprint density at radius 1 is 1.46 bits per heavy atom. The summed E-state index contributed by atoms with van der Waals surface area (Å²) in [6.45, 7) is 3.86. The summed E-state index contributed by atoms with van der Waals surface area (Å²) in [4.78, 5) is 16.7. The number of amidine groups is 1. The Kier molecular flexibility index (Phi) is 6.32. The van der Waals surface area contributed by atoms with Crippen LogP contribution in [0.5, 0.6) is 0 Å². The number of ether oxygens (including phenoxy) is 1. The van der Waals surface area contributed by atoms with Crippen molar-refractivity contribution in [3.05, 3.63) is 35.1 Å². The van der Waals surface area contributed by atoms with Crippen molar-refractivity contribution >= 4 is 22.7 Å². The maximum atomic E-state index is 14.4. The van der Waals surface area contributed by atoms with Crippen LogP contribution in [0.15, 0.2) is 23.2 Å². The van der Waals surface area contributed by atoms with Crippen LogP contribution in [-0.4, -0.2) is 42.5 Å². The Morgan fingerprint density at radius 3 is 2.96 bits per heavy atom. The van der Waals surface area contributed by atoms with Gasteiger partial charge in [0, 0.05) is 17.7 Å². The SMILES string of the molecule is C[C@@]1(c2cc(CC(=O)COC3CCNCC3)ccc2F)CCSC(N)=N1. The molecule has 5 nitrogen and oxygen atoms in total. The van der Waals surface area contributed by atoms with Gasteiger partial charge in [0.05, 0.1) is 11.6 Å². The molecule has 7 heteroatoms. The second kappa shape index (κ2) is 8.50. The third-order valence-electron chi connectivity index (χ3n) is 4.97. The summed E-state index contributed by atoms with van der Waals surface area (Å²) in [5, 5.41) is 3.75. The number of carbonyl (C=O) groups is 1. The minimum absolute atomic E-state index is 0.00783. The Labute approximate surface area is 158 Å². The molecule has 0 spiro atoms. The highest BCUT2D eigenvalue weighted by Crippen LogP contribution is 2.36. The van der Waals surface area contributed by atoms with E-state index in [9.17, 15) is 9.18 Å². The minimum Gasteiger partial charge on any atom is -0.379 e. The fourth-order valence-electron chi connectivity index (χ4n) is 3.43. The number of halogens is 1. The Hall–Kier alpha value is -1.44. The minimum atomic E-state index is -0.677. The summed E-state index contributed by atoms with van der Waals surface area (Å²) in [6.07, 6.45) is 2.97. The number of hydrogen-bond acceptors (Lipinski definition) is 6. The molecule has 1 aromatic rings. The fraction of sp³-hybridized carbons (Fsp3) is 0.579. The van der Waals surface area contributed by atoms with E-state index in [0.717, 1.165) is 37.2 Å². The van der Waals surface area contributed by atoms with Crippen molar-refractivity contribution in [3.63, 3.8) is 0 Å². The second-order valence-electron chi connectivity index (χ2n) is 7.11. The molecule has 0 aliphatic carbocycles. The highest BCUT2D eigenvalue weighted by Gasteiger charge is 2.32. The van der Waals surface area contributed by atoms with E-state index >= 15 is 0 Å². The largest absolute Gasteiger partial charge is 0.379 e. The molecule has 3 rings (SSSR count). The Balaban J connectivity index is 1.65. The molecule has 1 atom stereocenters. The number of nitrogens with two attached hydrogens (primary N) is 1. The maximum Gasteiger partial charge on any atom is 0.162 e. The van der Waals surface area contributed by atoms with Crippen molar-refractivity contribution in [2.45, 2.75) is 44.2 Å². The molecule has 3 N–H and O–H groups in total. The standard InChI is InChI=1S/C19H26FN3O2S/c1-19(6-9-26-18(21)23-19)16-11-13(2-3-17(16)20)10-14(24)12-25-15-4-7-22-8-5-15/h2-3,11,15,22H,4-10,12H2,1H3,(H2,21,23)/t19-/m0/s1. The van der Waals surface area contributed by atoms with Crippen molar-refractivity contribution in [2.24, 2.45) is 10.7 Å².